The molecule has 0 saturated carbocycles. The van der Waals surface area contributed by atoms with Gasteiger partial charge in [0.05, 0.1) is 12.2 Å². The highest BCUT2D eigenvalue weighted by Crippen LogP contribution is 2.14. The van der Waals surface area contributed by atoms with Gasteiger partial charge in [-0.05, 0) is 31.4 Å². The number of hydrogen-bond donors (Lipinski definition) is 0. The SMILES string of the molecule is Cc1cccc(C)c1C(=O)OCCCBr. The average molecular weight is 271 g/mol. The van der Waals surface area contributed by atoms with Gasteiger partial charge in [-0.1, -0.05) is 34.1 Å². The zero-order valence-corrected chi connectivity index (χ0v) is 10.6. The third-order valence-electron chi connectivity index (χ3n) is 2.20. The van der Waals surface area contributed by atoms with Gasteiger partial charge in [-0.15, -0.1) is 0 Å². The smallest absolute Gasteiger partial charge is 0.338 e. The van der Waals surface area contributed by atoms with Gasteiger partial charge in [-0.25, -0.2) is 4.79 Å². The summed E-state index contributed by atoms with van der Waals surface area (Å²) >= 11 is 3.29. The maximum absolute atomic E-state index is 11.7. The Hall–Kier alpha value is -0.830. The molecule has 0 aromatic heterocycles. The van der Waals surface area contributed by atoms with Crippen molar-refractivity contribution in [3.8, 4) is 0 Å². The van der Waals surface area contributed by atoms with E-state index in [1.165, 1.54) is 0 Å². The van der Waals surface area contributed by atoms with Crippen molar-refractivity contribution in [1.29, 1.82) is 0 Å². The van der Waals surface area contributed by atoms with Crippen molar-refractivity contribution in [2.45, 2.75) is 20.3 Å². The second kappa shape index (κ2) is 5.91. The van der Waals surface area contributed by atoms with E-state index in [2.05, 4.69) is 15.9 Å². The van der Waals surface area contributed by atoms with Gasteiger partial charge in [0, 0.05) is 5.33 Å². The van der Waals surface area contributed by atoms with E-state index in [4.69, 9.17) is 4.74 Å². The number of rotatable bonds is 4. The molecule has 0 fully saturated rings. The standard InChI is InChI=1S/C12H15BrO2/c1-9-5-3-6-10(2)11(9)12(14)15-8-4-7-13/h3,5-6H,4,7-8H2,1-2H3. The summed E-state index contributed by atoms with van der Waals surface area (Å²) in [5.74, 6) is -0.216. The number of benzene rings is 1. The van der Waals surface area contributed by atoms with Crippen LogP contribution >= 0.6 is 15.9 Å². The Morgan fingerprint density at radius 1 is 1.33 bits per heavy atom. The highest BCUT2D eigenvalue weighted by molar-refractivity contribution is 9.09. The molecular weight excluding hydrogens is 256 g/mol. The van der Waals surface area contributed by atoms with Gasteiger partial charge in [0.1, 0.15) is 0 Å². The molecule has 2 nitrogen and oxygen atoms in total. The van der Waals surface area contributed by atoms with Gasteiger partial charge in [0.2, 0.25) is 0 Å². The summed E-state index contributed by atoms with van der Waals surface area (Å²) in [5.41, 5.74) is 2.64. The summed E-state index contributed by atoms with van der Waals surface area (Å²) in [6.45, 7) is 4.32. The number of ether oxygens (including phenoxy) is 1. The van der Waals surface area contributed by atoms with E-state index >= 15 is 0 Å². The lowest BCUT2D eigenvalue weighted by molar-refractivity contribution is 0.0505. The lowest BCUT2D eigenvalue weighted by Crippen LogP contribution is -2.10. The lowest BCUT2D eigenvalue weighted by atomic mass is 10.0. The van der Waals surface area contributed by atoms with Gasteiger partial charge >= 0.3 is 5.97 Å². The third-order valence-corrected chi connectivity index (χ3v) is 2.76. The molecule has 0 aliphatic heterocycles. The summed E-state index contributed by atoms with van der Waals surface area (Å²) in [7, 11) is 0. The molecule has 1 aromatic carbocycles. The molecule has 1 rings (SSSR count). The normalized spacial score (nSPS) is 10.1. The van der Waals surface area contributed by atoms with Crippen LogP contribution in [0.15, 0.2) is 18.2 Å². The first-order chi connectivity index (χ1) is 7.16. The Morgan fingerprint density at radius 2 is 1.93 bits per heavy atom. The molecule has 0 aliphatic rings. The molecule has 0 N–H and O–H groups in total. The molecule has 82 valence electrons. The maximum Gasteiger partial charge on any atom is 0.338 e. The minimum atomic E-state index is -0.216. The van der Waals surface area contributed by atoms with E-state index in [0.717, 1.165) is 22.9 Å². The molecule has 0 saturated heterocycles. The predicted octanol–water partition coefficient (Wildman–Crippen LogP) is 3.25. The second-order valence-corrected chi connectivity index (χ2v) is 4.24. The van der Waals surface area contributed by atoms with Crippen molar-refractivity contribution in [2.75, 3.05) is 11.9 Å². The van der Waals surface area contributed by atoms with Crippen molar-refractivity contribution in [3.05, 3.63) is 34.9 Å². The van der Waals surface area contributed by atoms with Crippen molar-refractivity contribution in [1.82, 2.24) is 0 Å². The first kappa shape index (κ1) is 12.2. The van der Waals surface area contributed by atoms with Gasteiger partial charge in [0.15, 0.2) is 0 Å². The molecule has 0 unspecified atom stereocenters. The van der Waals surface area contributed by atoms with Gasteiger partial charge in [-0.3, -0.25) is 0 Å². The minimum Gasteiger partial charge on any atom is -0.462 e. The van der Waals surface area contributed by atoms with E-state index in [1.54, 1.807) is 0 Å². The van der Waals surface area contributed by atoms with E-state index < -0.39 is 0 Å². The summed E-state index contributed by atoms with van der Waals surface area (Å²) in [6.07, 6.45) is 0.844. The Balaban J connectivity index is 2.73. The lowest BCUT2D eigenvalue weighted by Gasteiger charge is -2.08. The summed E-state index contributed by atoms with van der Waals surface area (Å²) in [6, 6.07) is 5.79. The minimum absolute atomic E-state index is 0.216. The van der Waals surface area contributed by atoms with E-state index in [9.17, 15) is 4.79 Å². The highest BCUT2D eigenvalue weighted by Gasteiger charge is 2.12. The van der Waals surface area contributed by atoms with Gasteiger partial charge < -0.3 is 4.74 Å². The number of aryl methyl sites for hydroxylation is 2. The first-order valence-electron chi connectivity index (χ1n) is 4.96. The van der Waals surface area contributed by atoms with Crippen molar-refractivity contribution < 1.29 is 9.53 Å². The first-order valence-corrected chi connectivity index (χ1v) is 6.08. The van der Waals surface area contributed by atoms with Crippen LogP contribution in [-0.4, -0.2) is 17.9 Å². The Kier molecular flexibility index (Phi) is 4.82. The van der Waals surface area contributed by atoms with Crippen LogP contribution in [-0.2, 0) is 4.74 Å². The molecule has 1 aromatic rings. The molecule has 0 bridgehead atoms. The molecule has 0 atom stereocenters. The van der Waals surface area contributed by atoms with E-state index in [1.807, 2.05) is 32.0 Å². The molecule has 3 heteroatoms. The number of carbonyl (C=O) groups is 1. The monoisotopic (exact) mass is 270 g/mol. The summed E-state index contributed by atoms with van der Waals surface area (Å²) in [4.78, 5) is 11.7. The molecule has 0 aliphatic carbocycles. The van der Waals surface area contributed by atoms with Gasteiger partial charge in [0.25, 0.3) is 0 Å². The number of carbonyl (C=O) groups excluding carboxylic acids is 1. The van der Waals surface area contributed by atoms with Crippen LogP contribution < -0.4 is 0 Å². The fraction of sp³-hybridized carbons (Fsp3) is 0.417. The van der Waals surface area contributed by atoms with Crippen LogP contribution in [0.25, 0.3) is 0 Å². The number of hydrogen-bond acceptors (Lipinski definition) is 2. The number of halogens is 1. The van der Waals surface area contributed by atoms with Gasteiger partial charge in [-0.2, -0.15) is 0 Å². The molecular formula is C12H15BrO2. The molecule has 0 spiro atoms. The van der Waals surface area contributed by atoms with Crippen LogP contribution in [0.2, 0.25) is 0 Å². The Bertz CT molecular complexity index is 327. The molecule has 15 heavy (non-hydrogen) atoms. The quantitative estimate of drug-likeness (QED) is 0.477. The number of esters is 1. The van der Waals surface area contributed by atoms with Crippen LogP contribution in [0.4, 0.5) is 0 Å². The maximum atomic E-state index is 11.7. The van der Waals surface area contributed by atoms with E-state index in [-0.39, 0.29) is 5.97 Å². The topological polar surface area (TPSA) is 26.3 Å². The molecule has 0 amide bonds. The zero-order chi connectivity index (χ0) is 11.3. The predicted molar refractivity (Wildman–Crippen MR) is 64.6 cm³/mol. The summed E-state index contributed by atoms with van der Waals surface area (Å²) in [5, 5.41) is 0.854. The van der Waals surface area contributed by atoms with Crippen LogP contribution in [0.1, 0.15) is 27.9 Å². The van der Waals surface area contributed by atoms with Crippen molar-refractivity contribution in [2.24, 2.45) is 0 Å². The Morgan fingerprint density at radius 3 is 2.47 bits per heavy atom. The average Bonchev–Trinajstić information content (AvgIpc) is 2.18. The van der Waals surface area contributed by atoms with Crippen molar-refractivity contribution in [3.63, 3.8) is 0 Å². The largest absolute Gasteiger partial charge is 0.462 e. The third kappa shape index (κ3) is 3.34. The second-order valence-electron chi connectivity index (χ2n) is 3.45. The fourth-order valence-electron chi connectivity index (χ4n) is 1.43. The van der Waals surface area contributed by atoms with Crippen LogP contribution in [0.5, 0.6) is 0 Å². The fourth-order valence-corrected chi connectivity index (χ4v) is 1.66. The number of alkyl halides is 1. The van der Waals surface area contributed by atoms with Crippen LogP contribution in [0.3, 0.4) is 0 Å². The Labute approximate surface area is 98.8 Å². The molecule has 0 radical (unpaired) electrons. The summed E-state index contributed by atoms with van der Waals surface area (Å²) < 4.78 is 5.16. The van der Waals surface area contributed by atoms with Crippen LogP contribution in [0, 0.1) is 13.8 Å². The van der Waals surface area contributed by atoms with E-state index in [0.29, 0.717) is 12.2 Å². The zero-order valence-electron chi connectivity index (χ0n) is 9.05. The van der Waals surface area contributed by atoms with Crippen molar-refractivity contribution >= 4 is 21.9 Å². The molecule has 0 heterocycles. The highest BCUT2D eigenvalue weighted by atomic mass is 79.9.